The van der Waals surface area contributed by atoms with Gasteiger partial charge in [-0.05, 0) is 54.8 Å². The van der Waals surface area contributed by atoms with Crippen LogP contribution in [0.4, 0.5) is 18.9 Å². The molecule has 0 aliphatic heterocycles. The Morgan fingerprint density at radius 1 is 0.897 bits per heavy atom. The SMILES string of the molecule is O=C(Nc1ccc(/C=C/CCCCCCCSc2ccccc2)cc1)C(F)(F)F. The lowest BCUT2D eigenvalue weighted by atomic mass is 10.1. The van der Waals surface area contributed by atoms with Crippen LogP contribution >= 0.6 is 11.8 Å². The lowest BCUT2D eigenvalue weighted by Crippen LogP contribution is -2.29. The maximum Gasteiger partial charge on any atom is 0.471 e. The maximum absolute atomic E-state index is 12.2. The van der Waals surface area contributed by atoms with Crippen LogP contribution in [0.25, 0.3) is 6.08 Å². The van der Waals surface area contributed by atoms with E-state index < -0.39 is 12.1 Å². The van der Waals surface area contributed by atoms with Crippen LogP contribution in [0, 0.1) is 0 Å². The largest absolute Gasteiger partial charge is 0.471 e. The van der Waals surface area contributed by atoms with Crippen LogP contribution in [0.15, 0.2) is 65.6 Å². The Morgan fingerprint density at radius 2 is 1.55 bits per heavy atom. The summed E-state index contributed by atoms with van der Waals surface area (Å²) in [4.78, 5) is 12.2. The molecule has 2 aromatic carbocycles. The Labute approximate surface area is 174 Å². The van der Waals surface area contributed by atoms with Gasteiger partial charge in [0.25, 0.3) is 0 Å². The number of carbonyl (C=O) groups excluding carboxylic acids is 1. The van der Waals surface area contributed by atoms with Crippen LogP contribution < -0.4 is 5.32 Å². The highest BCUT2D eigenvalue weighted by molar-refractivity contribution is 7.99. The zero-order chi connectivity index (χ0) is 21.0. The van der Waals surface area contributed by atoms with E-state index in [2.05, 4.69) is 30.3 Å². The highest BCUT2D eigenvalue weighted by atomic mass is 32.2. The summed E-state index contributed by atoms with van der Waals surface area (Å²) >= 11 is 1.91. The number of amides is 1. The van der Waals surface area contributed by atoms with Crippen LogP contribution in [0.2, 0.25) is 0 Å². The first-order valence-electron chi connectivity index (χ1n) is 9.78. The van der Waals surface area contributed by atoms with E-state index in [4.69, 9.17) is 0 Å². The van der Waals surface area contributed by atoms with Crippen molar-refractivity contribution in [1.29, 1.82) is 0 Å². The molecule has 0 fully saturated rings. The molecule has 29 heavy (non-hydrogen) atoms. The third kappa shape index (κ3) is 9.70. The van der Waals surface area contributed by atoms with Gasteiger partial charge in [-0.25, -0.2) is 0 Å². The molecular formula is C23H26F3NOS. The molecule has 2 rings (SSSR count). The van der Waals surface area contributed by atoms with Crippen LogP contribution in [0.3, 0.4) is 0 Å². The van der Waals surface area contributed by atoms with Gasteiger partial charge in [0, 0.05) is 10.6 Å². The van der Waals surface area contributed by atoms with E-state index in [-0.39, 0.29) is 5.69 Å². The predicted octanol–water partition coefficient (Wildman–Crippen LogP) is 7.33. The van der Waals surface area contributed by atoms with E-state index >= 15 is 0 Å². The van der Waals surface area contributed by atoms with Gasteiger partial charge in [-0.2, -0.15) is 13.2 Å². The highest BCUT2D eigenvalue weighted by Gasteiger charge is 2.38. The zero-order valence-corrected chi connectivity index (χ0v) is 17.1. The molecule has 0 aromatic heterocycles. The van der Waals surface area contributed by atoms with Gasteiger partial charge >= 0.3 is 12.1 Å². The molecule has 0 spiro atoms. The number of anilines is 1. The average Bonchev–Trinajstić information content (AvgIpc) is 2.70. The number of benzene rings is 2. The minimum Gasteiger partial charge on any atom is -0.318 e. The lowest BCUT2D eigenvalue weighted by Gasteiger charge is -2.07. The monoisotopic (exact) mass is 421 g/mol. The summed E-state index contributed by atoms with van der Waals surface area (Å²) in [5.41, 5.74) is 1.03. The van der Waals surface area contributed by atoms with Crippen molar-refractivity contribution < 1.29 is 18.0 Å². The number of nitrogens with one attached hydrogen (secondary N) is 1. The molecule has 0 atom stereocenters. The van der Waals surface area contributed by atoms with Crippen molar-refractivity contribution in [2.24, 2.45) is 0 Å². The molecule has 0 unspecified atom stereocenters. The fourth-order valence-corrected chi connectivity index (χ4v) is 3.63. The Hall–Kier alpha value is -2.21. The van der Waals surface area contributed by atoms with Gasteiger partial charge in [0.1, 0.15) is 0 Å². The summed E-state index contributed by atoms with van der Waals surface area (Å²) in [6.07, 6.45) is 6.16. The van der Waals surface area contributed by atoms with Crippen molar-refractivity contribution >= 4 is 29.4 Å². The number of carbonyl (C=O) groups is 1. The summed E-state index contributed by atoms with van der Waals surface area (Å²) in [5.74, 6) is -0.803. The van der Waals surface area contributed by atoms with E-state index in [0.29, 0.717) is 0 Å². The Balaban J connectivity index is 1.53. The quantitative estimate of drug-likeness (QED) is 0.304. The number of hydrogen-bond donors (Lipinski definition) is 1. The molecule has 0 saturated carbocycles. The molecule has 0 bridgehead atoms. The van der Waals surface area contributed by atoms with Gasteiger partial charge in [-0.3, -0.25) is 4.79 Å². The Bertz CT molecular complexity index is 758. The molecular weight excluding hydrogens is 395 g/mol. The summed E-state index contributed by atoms with van der Waals surface area (Å²) in [5, 5.41) is 1.83. The van der Waals surface area contributed by atoms with Crippen molar-refractivity contribution in [3.63, 3.8) is 0 Å². The Kier molecular flexibility index (Phi) is 9.84. The normalized spacial score (nSPS) is 11.7. The summed E-state index contributed by atoms with van der Waals surface area (Å²) in [7, 11) is 0. The van der Waals surface area contributed by atoms with E-state index in [1.807, 2.05) is 29.2 Å². The second-order valence-corrected chi connectivity index (χ2v) is 7.86. The Morgan fingerprint density at radius 3 is 2.24 bits per heavy atom. The first-order chi connectivity index (χ1) is 13.9. The minimum absolute atomic E-state index is 0.134. The molecule has 2 aromatic rings. The number of allylic oxidation sites excluding steroid dienone is 1. The van der Waals surface area contributed by atoms with Crippen molar-refractivity contribution in [3.8, 4) is 0 Å². The van der Waals surface area contributed by atoms with Gasteiger partial charge < -0.3 is 5.32 Å². The first kappa shape index (κ1) is 23.1. The van der Waals surface area contributed by atoms with Crippen LogP contribution in [-0.2, 0) is 4.79 Å². The minimum atomic E-state index is -4.88. The third-order valence-corrected chi connectivity index (χ3v) is 5.36. The second kappa shape index (κ2) is 12.4. The van der Waals surface area contributed by atoms with Crippen LogP contribution in [0.1, 0.15) is 44.1 Å². The number of rotatable bonds is 11. The van der Waals surface area contributed by atoms with Crippen molar-refractivity contribution in [2.75, 3.05) is 11.1 Å². The van der Waals surface area contributed by atoms with E-state index in [0.717, 1.165) is 24.2 Å². The molecule has 1 amide bonds. The number of hydrogen-bond acceptors (Lipinski definition) is 2. The number of unbranched alkanes of at least 4 members (excludes halogenated alkanes) is 5. The second-order valence-electron chi connectivity index (χ2n) is 6.69. The van der Waals surface area contributed by atoms with Gasteiger partial charge in [-0.15, -0.1) is 11.8 Å². The molecule has 156 valence electrons. The molecule has 2 nitrogen and oxygen atoms in total. The third-order valence-electron chi connectivity index (χ3n) is 4.26. The van der Waals surface area contributed by atoms with E-state index in [9.17, 15) is 18.0 Å². The number of thioether (sulfide) groups is 1. The standard InChI is InChI=1S/C23H26F3NOS/c24-23(25,26)22(28)27-20-16-14-19(15-17-20)11-7-4-2-1-3-5-10-18-29-21-12-8-6-9-13-21/h6-9,11-17H,1-5,10,18H2,(H,27,28)/b11-7+. The van der Waals surface area contributed by atoms with Gasteiger partial charge in [0.05, 0.1) is 0 Å². The van der Waals surface area contributed by atoms with E-state index in [1.165, 1.54) is 42.7 Å². The predicted molar refractivity (Wildman–Crippen MR) is 115 cm³/mol. The fraction of sp³-hybridized carbons (Fsp3) is 0.348. The number of halogens is 3. The molecule has 0 aliphatic rings. The summed E-state index contributed by atoms with van der Waals surface area (Å²) in [6, 6.07) is 16.8. The fourth-order valence-electron chi connectivity index (χ4n) is 2.70. The summed E-state index contributed by atoms with van der Waals surface area (Å²) in [6.45, 7) is 0. The molecule has 0 heterocycles. The van der Waals surface area contributed by atoms with Gasteiger partial charge in [0.15, 0.2) is 0 Å². The maximum atomic E-state index is 12.2. The van der Waals surface area contributed by atoms with Gasteiger partial charge in [0.2, 0.25) is 0 Å². The highest BCUT2D eigenvalue weighted by Crippen LogP contribution is 2.20. The van der Waals surface area contributed by atoms with E-state index in [1.54, 1.807) is 12.1 Å². The topological polar surface area (TPSA) is 29.1 Å². The van der Waals surface area contributed by atoms with Crippen molar-refractivity contribution in [3.05, 3.63) is 66.2 Å². The molecule has 1 N–H and O–H groups in total. The molecule has 0 aliphatic carbocycles. The van der Waals surface area contributed by atoms with Crippen LogP contribution in [-0.4, -0.2) is 17.8 Å². The summed E-state index contributed by atoms with van der Waals surface area (Å²) < 4.78 is 36.6. The molecule has 0 saturated heterocycles. The van der Waals surface area contributed by atoms with Crippen molar-refractivity contribution in [1.82, 2.24) is 0 Å². The van der Waals surface area contributed by atoms with Gasteiger partial charge in [-0.1, -0.05) is 61.7 Å². The number of alkyl halides is 3. The zero-order valence-electron chi connectivity index (χ0n) is 16.3. The first-order valence-corrected chi connectivity index (χ1v) is 10.8. The smallest absolute Gasteiger partial charge is 0.318 e. The lowest BCUT2D eigenvalue weighted by molar-refractivity contribution is -0.167. The van der Waals surface area contributed by atoms with Crippen molar-refractivity contribution in [2.45, 2.75) is 49.6 Å². The average molecular weight is 422 g/mol. The molecule has 6 heteroatoms. The molecule has 0 radical (unpaired) electrons. The van der Waals surface area contributed by atoms with Crippen LogP contribution in [0.5, 0.6) is 0 Å².